The molecule has 1 saturated heterocycles. The molecule has 3 rings (SSSR count). The van der Waals surface area contributed by atoms with Gasteiger partial charge in [-0.25, -0.2) is 4.98 Å². The van der Waals surface area contributed by atoms with Crippen LogP contribution in [-0.4, -0.2) is 28.9 Å². The van der Waals surface area contributed by atoms with Gasteiger partial charge in [-0.15, -0.1) is 11.3 Å². The van der Waals surface area contributed by atoms with E-state index in [9.17, 15) is 4.79 Å². The van der Waals surface area contributed by atoms with Crippen LogP contribution in [0.4, 0.5) is 5.69 Å². The predicted molar refractivity (Wildman–Crippen MR) is 90.4 cm³/mol. The highest BCUT2D eigenvalue weighted by molar-refractivity contribution is 7.15. The summed E-state index contributed by atoms with van der Waals surface area (Å²) in [6.07, 6.45) is 4.54. The molecule has 0 saturated carbocycles. The van der Waals surface area contributed by atoms with Crippen molar-refractivity contribution in [3.05, 3.63) is 45.4 Å². The Morgan fingerprint density at radius 3 is 2.64 bits per heavy atom. The van der Waals surface area contributed by atoms with E-state index in [0.29, 0.717) is 17.4 Å². The molecule has 2 heterocycles. The van der Waals surface area contributed by atoms with E-state index in [-0.39, 0.29) is 5.91 Å². The Balaban J connectivity index is 1.52. The summed E-state index contributed by atoms with van der Waals surface area (Å²) in [5, 5.41) is 3.33. The fourth-order valence-electron chi connectivity index (χ4n) is 2.55. The molecule has 1 aliphatic heterocycles. The summed E-state index contributed by atoms with van der Waals surface area (Å²) in [6.45, 7) is 2.53. The number of likely N-dealkylation sites (tertiary alicyclic amines) is 1. The minimum atomic E-state index is 0.234. The molecule has 1 aliphatic rings. The Morgan fingerprint density at radius 2 is 2.00 bits per heavy atom. The van der Waals surface area contributed by atoms with Crippen LogP contribution in [0.25, 0.3) is 0 Å². The smallest absolute Gasteiger partial charge is 0.226 e. The van der Waals surface area contributed by atoms with Gasteiger partial charge in [0.15, 0.2) is 4.47 Å². The van der Waals surface area contributed by atoms with Crippen LogP contribution in [0.2, 0.25) is 4.47 Å². The van der Waals surface area contributed by atoms with Crippen LogP contribution in [0, 0.1) is 0 Å². The molecule has 0 aliphatic carbocycles. The Kier molecular flexibility index (Phi) is 4.95. The molecule has 1 aromatic carbocycles. The van der Waals surface area contributed by atoms with Crippen molar-refractivity contribution in [1.82, 2.24) is 9.88 Å². The number of nitrogens with one attached hydrogen (secondary N) is 1. The van der Waals surface area contributed by atoms with Gasteiger partial charge >= 0.3 is 0 Å². The molecule has 1 fully saturated rings. The number of amides is 1. The van der Waals surface area contributed by atoms with E-state index in [2.05, 4.69) is 10.3 Å². The highest BCUT2D eigenvalue weighted by Gasteiger charge is 2.17. The van der Waals surface area contributed by atoms with E-state index >= 15 is 0 Å². The van der Waals surface area contributed by atoms with Crippen molar-refractivity contribution in [2.75, 3.05) is 18.4 Å². The lowest BCUT2D eigenvalue weighted by Crippen LogP contribution is -2.29. The van der Waals surface area contributed by atoms with E-state index < -0.39 is 0 Å². The second kappa shape index (κ2) is 7.11. The largest absolute Gasteiger partial charge is 0.380 e. The van der Waals surface area contributed by atoms with Crippen molar-refractivity contribution in [2.45, 2.75) is 25.8 Å². The molecule has 0 bridgehead atoms. The Labute approximate surface area is 139 Å². The zero-order valence-corrected chi connectivity index (χ0v) is 13.8. The lowest BCUT2D eigenvalue weighted by molar-refractivity contribution is -0.129. The highest BCUT2D eigenvalue weighted by Crippen LogP contribution is 2.19. The number of rotatable bonds is 5. The van der Waals surface area contributed by atoms with Crippen LogP contribution in [0.3, 0.4) is 0 Å². The number of thiazole rings is 1. The SMILES string of the molecule is O=C(Cc1ccc(NCc2cnc(Cl)s2)cc1)N1CCCC1. The fraction of sp³-hybridized carbons (Fsp3) is 0.375. The predicted octanol–water partition coefficient (Wildman–Crippen LogP) is 3.57. The van der Waals surface area contributed by atoms with E-state index in [1.165, 1.54) is 11.3 Å². The highest BCUT2D eigenvalue weighted by atomic mass is 35.5. The monoisotopic (exact) mass is 335 g/mol. The number of hydrogen-bond donors (Lipinski definition) is 1. The third-order valence-electron chi connectivity index (χ3n) is 3.76. The van der Waals surface area contributed by atoms with Crippen molar-refractivity contribution in [2.24, 2.45) is 0 Å². The quantitative estimate of drug-likeness (QED) is 0.908. The summed E-state index contributed by atoms with van der Waals surface area (Å²) in [4.78, 5) is 19.2. The van der Waals surface area contributed by atoms with Crippen molar-refractivity contribution < 1.29 is 4.79 Å². The third kappa shape index (κ3) is 3.99. The summed E-state index contributed by atoms with van der Waals surface area (Å²) in [5.41, 5.74) is 2.09. The number of anilines is 1. The maximum Gasteiger partial charge on any atom is 0.226 e. The molecule has 0 radical (unpaired) electrons. The molecule has 4 nitrogen and oxygen atoms in total. The van der Waals surface area contributed by atoms with Crippen LogP contribution in [0.5, 0.6) is 0 Å². The van der Waals surface area contributed by atoms with Crippen LogP contribution in [0.15, 0.2) is 30.5 Å². The third-order valence-corrected chi connectivity index (χ3v) is 4.87. The van der Waals surface area contributed by atoms with Gasteiger partial charge in [-0.2, -0.15) is 0 Å². The summed E-state index contributed by atoms with van der Waals surface area (Å²) in [6, 6.07) is 8.04. The number of carbonyl (C=O) groups excluding carboxylic acids is 1. The Hall–Kier alpha value is -1.59. The summed E-state index contributed by atoms with van der Waals surface area (Å²) < 4.78 is 0.563. The molecule has 2 aromatic rings. The van der Waals surface area contributed by atoms with Gasteiger partial charge in [-0.3, -0.25) is 4.79 Å². The number of carbonyl (C=O) groups is 1. The van der Waals surface area contributed by atoms with E-state index in [1.54, 1.807) is 6.20 Å². The lowest BCUT2D eigenvalue weighted by atomic mass is 10.1. The van der Waals surface area contributed by atoms with Gasteiger partial charge in [0, 0.05) is 29.9 Å². The van der Waals surface area contributed by atoms with E-state index in [1.807, 2.05) is 29.2 Å². The van der Waals surface area contributed by atoms with Crippen molar-refractivity contribution >= 4 is 34.5 Å². The molecule has 116 valence electrons. The van der Waals surface area contributed by atoms with Gasteiger partial charge in [0.25, 0.3) is 0 Å². The number of aromatic nitrogens is 1. The zero-order chi connectivity index (χ0) is 15.4. The molecule has 1 aromatic heterocycles. The van der Waals surface area contributed by atoms with E-state index in [4.69, 9.17) is 11.6 Å². The molecule has 1 amide bonds. The molecular weight excluding hydrogens is 318 g/mol. The Morgan fingerprint density at radius 1 is 1.27 bits per heavy atom. The first-order valence-electron chi connectivity index (χ1n) is 7.41. The molecule has 0 atom stereocenters. The molecular formula is C16H18ClN3OS. The first-order valence-corrected chi connectivity index (χ1v) is 8.61. The first-order chi connectivity index (χ1) is 10.7. The Bertz CT molecular complexity index is 635. The number of nitrogens with zero attached hydrogens (tertiary/aromatic N) is 2. The minimum absolute atomic E-state index is 0.234. The van der Waals surface area contributed by atoms with Gasteiger partial charge in [0.05, 0.1) is 13.0 Å². The lowest BCUT2D eigenvalue weighted by Gasteiger charge is -2.15. The van der Waals surface area contributed by atoms with Gasteiger partial charge in [0.2, 0.25) is 5.91 Å². The maximum absolute atomic E-state index is 12.1. The molecule has 0 spiro atoms. The normalized spacial score (nSPS) is 14.3. The van der Waals surface area contributed by atoms with Gasteiger partial charge in [-0.1, -0.05) is 23.7 Å². The second-order valence-electron chi connectivity index (χ2n) is 5.39. The summed E-state index contributed by atoms with van der Waals surface area (Å²) in [5.74, 6) is 0.234. The topological polar surface area (TPSA) is 45.2 Å². The number of halogens is 1. The van der Waals surface area contributed by atoms with E-state index in [0.717, 1.165) is 42.1 Å². The van der Waals surface area contributed by atoms with Crippen molar-refractivity contribution in [3.63, 3.8) is 0 Å². The average Bonchev–Trinajstić information content (AvgIpc) is 3.18. The van der Waals surface area contributed by atoms with Crippen LogP contribution < -0.4 is 5.32 Å². The van der Waals surface area contributed by atoms with Crippen molar-refractivity contribution in [3.8, 4) is 0 Å². The number of benzene rings is 1. The molecule has 0 unspecified atom stereocenters. The zero-order valence-electron chi connectivity index (χ0n) is 12.2. The van der Waals surface area contributed by atoms with Crippen LogP contribution in [0.1, 0.15) is 23.3 Å². The maximum atomic E-state index is 12.1. The van der Waals surface area contributed by atoms with Crippen molar-refractivity contribution in [1.29, 1.82) is 0 Å². The first kappa shape index (κ1) is 15.3. The molecule has 6 heteroatoms. The number of hydrogen-bond acceptors (Lipinski definition) is 4. The summed E-state index contributed by atoms with van der Waals surface area (Å²) >= 11 is 7.28. The van der Waals surface area contributed by atoms with Crippen LogP contribution in [-0.2, 0) is 17.8 Å². The minimum Gasteiger partial charge on any atom is -0.380 e. The standard InChI is InChI=1S/C16H18ClN3OS/c17-16-19-11-14(22-16)10-18-13-5-3-12(4-6-13)9-15(21)20-7-1-2-8-20/h3-6,11,18H,1-2,7-10H2. The summed E-state index contributed by atoms with van der Waals surface area (Å²) in [7, 11) is 0. The second-order valence-corrected chi connectivity index (χ2v) is 7.09. The van der Waals surface area contributed by atoms with Gasteiger partial charge in [0.1, 0.15) is 0 Å². The molecule has 1 N–H and O–H groups in total. The fourth-order valence-corrected chi connectivity index (χ4v) is 3.47. The van der Waals surface area contributed by atoms with Gasteiger partial charge < -0.3 is 10.2 Å². The van der Waals surface area contributed by atoms with Gasteiger partial charge in [-0.05, 0) is 30.5 Å². The average molecular weight is 336 g/mol. The molecule has 22 heavy (non-hydrogen) atoms. The van der Waals surface area contributed by atoms with Crippen LogP contribution >= 0.6 is 22.9 Å².